The molecule has 2 aromatic carbocycles. The van der Waals surface area contributed by atoms with Crippen molar-refractivity contribution in [2.24, 2.45) is 5.34 Å². The third kappa shape index (κ3) is 6.95. The number of hydrogen-bond donors (Lipinski definition) is 2. The van der Waals surface area contributed by atoms with Crippen LogP contribution >= 0.6 is 0 Å². The Bertz CT molecular complexity index is 405. The van der Waals surface area contributed by atoms with Gasteiger partial charge in [-0.25, -0.2) is 0 Å². The van der Waals surface area contributed by atoms with Crippen LogP contribution in [-0.2, 0) is 13.0 Å². The zero-order valence-corrected chi connectivity index (χ0v) is 10.7. The average molecular weight is 258 g/mol. The highest BCUT2D eigenvalue weighted by molar-refractivity contribution is 5.16. The number of rotatable bonds is 5. The van der Waals surface area contributed by atoms with E-state index >= 15 is 0 Å². The summed E-state index contributed by atoms with van der Waals surface area (Å²) in [6, 6.07) is 21.1. The molecule has 0 unspecified atom stereocenters. The van der Waals surface area contributed by atoms with Crippen molar-refractivity contribution in [3.8, 4) is 0 Å². The summed E-state index contributed by atoms with van der Waals surface area (Å²) in [6.07, 6.45) is 1.09. The third-order valence-electron chi connectivity index (χ3n) is 2.61. The van der Waals surface area contributed by atoms with Gasteiger partial charge in [-0.15, -0.1) is 4.91 Å². The van der Waals surface area contributed by atoms with Gasteiger partial charge in [0.15, 0.2) is 5.34 Å². The molecule has 0 aromatic heterocycles. The highest BCUT2D eigenvalue weighted by Gasteiger charge is 1.92. The summed E-state index contributed by atoms with van der Waals surface area (Å²) in [6.45, 7) is 1.98. The fourth-order valence-electron chi connectivity index (χ4n) is 1.71. The largest absolute Gasteiger partial charge is 0.379 e. The zero-order valence-electron chi connectivity index (χ0n) is 10.7. The predicted molar refractivity (Wildman–Crippen MR) is 75.9 cm³/mol. The highest BCUT2D eigenvalue weighted by Crippen LogP contribution is 2.00. The van der Waals surface area contributed by atoms with E-state index in [1.807, 2.05) is 6.07 Å². The maximum absolute atomic E-state index is 8.11. The minimum Gasteiger partial charge on any atom is -0.379 e. The Hall–Kier alpha value is -2.20. The molecule has 0 bridgehead atoms. The lowest BCUT2D eigenvalue weighted by Gasteiger charge is -2.04. The van der Waals surface area contributed by atoms with E-state index in [9.17, 15) is 0 Å². The van der Waals surface area contributed by atoms with E-state index in [0.29, 0.717) is 0 Å². The lowest BCUT2D eigenvalue weighted by Crippen LogP contribution is -2.16. The Morgan fingerprint density at radius 3 is 1.89 bits per heavy atom. The molecule has 0 fully saturated rings. The fourth-order valence-corrected chi connectivity index (χ4v) is 1.71. The SMILES string of the molecule is O=NO.c1ccc(CCNCc2ccccc2)cc1. The van der Waals surface area contributed by atoms with Crippen molar-refractivity contribution in [3.05, 3.63) is 76.7 Å². The second-order valence-electron chi connectivity index (χ2n) is 3.98. The first-order chi connectivity index (χ1) is 9.36. The topological polar surface area (TPSA) is 61.7 Å². The van der Waals surface area contributed by atoms with Crippen LogP contribution in [0, 0.1) is 4.91 Å². The number of nitrogens with zero attached hydrogens (tertiary/aromatic N) is 1. The summed E-state index contributed by atoms with van der Waals surface area (Å²) < 4.78 is 0. The van der Waals surface area contributed by atoms with Crippen LogP contribution in [0.5, 0.6) is 0 Å². The van der Waals surface area contributed by atoms with Gasteiger partial charge in [-0.3, -0.25) is 0 Å². The van der Waals surface area contributed by atoms with Crippen LogP contribution in [0.2, 0.25) is 0 Å². The minimum atomic E-state index is 0.952. The summed E-state index contributed by atoms with van der Waals surface area (Å²) in [5.41, 5.74) is 2.73. The quantitative estimate of drug-likeness (QED) is 0.492. The van der Waals surface area contributed by atoms with Gasteiger partial charge in [0.1, 0.15) is 0 Å². The molecule has 0 spiro atoms. The van der Waals surface area contributed by atoms with E-state index < -0.39 is 0 Å². The number of hydrogen-bond acceptors (Lipinski definition) is 3. The van der Waals surface area contributed by atoms with Crippen molar-refractivity contribution in [1.29, 1.82) is 0 Å². The van der Waals surface area contributed by atoms with E-state index in [1.54, 1.807) is 0 Å². The Morgan fingerprint density at radius 1 is 0.895 bits per heavy atom. The van der Waals surface area contributed by atoms with Gasteiger partial charge in [-0.1, -0.05) is 60.7 Å². The first-order valence-corrected chi connectivity index (χ1v) is 6.12. The molecule has 0 radical (unpaired) electrons. The minimum absolute atomic E-state index is 0.952. The van der Waals surface area contributed by atoms with Crippen molar-refractivity contribution < 1.29 is 5.21 Å². The van der Waals surface area contributed by atoms with Gasteiger partial charge in [-0.2, -0.15) is 0 Å². The molecular weight excluding hydrogens is 240 g/mol. The molecule has 100 valence electrons. The van der Waals surface area contributed by atoms with E-state index in [1.165, 1.54) is 16.5 Å². The molecule has 19 heavy (non-hydrogen) atoms. The van der Waals surface area contributed by atoms with E-state index in [2.05, 4.69) is 59.9 Å². The van der Waals surface area contributed by atoms with Crippen molar-refractivity contribution in [2.45, 2.75) is 13.0 Å². The molecule has 0 aliphatic rings. The van der Waals surface area contributed by atoms with Gasteiger partial charge >= 0.3 is 0 Å². The molecule has 2 aromatic rings. The summed E-state index contributed by atoms with van der Waals surface area (Å²) >= 11 is 0. The van der Waals surface area contributed by atoms with Gasteiger partial charge in [-0.05, 0) is 24.1 Å². The molecule has 0 atom stereocenters. The molecular formula is C15H18N2O2. The highest BCUT2D eigenvalue weighted by atomic mass is 16.6. The normalized spacial score (nSPS) is 9.26. The lowest BCUT2D eigenvalue weighted by atomic mass is 10.1. The van der Waals surface area contributed by atoms with Crippen molar-refractivity contribution >= 4 is 0 Å². The van der Waals surface area contributed by atoms with Crippen molar-refractivity contribution in [3.63, 3.8) is 0 Å². The summed E-state index contributed by atoms with van der Waals surface area (Å²) in [7, 11) is 0. The first-order valence-electron chi connectivity index (χ1n) is 6.12. The molecule has 0 aliphatic heterocycles. The molecule has 0 amide bonds. The van der Waals surface area contributed by atoms with Crippen LogP contribution in [-0.4, -0.2) is 11.8 Å². The maximum atomic E-state index is 8.11. The second-order valence-corrected chi connectivity index (χ2v) is 3.98. The van der Waals surface area contributed by atoms with Crippen LogP contribution in [0.15, 0.2) is 66.0 Å². The molecule has 0 saturated heterocycles. The molecule has 0 aliphatic carbocycles. The first kappa shape index (κ1) is 14.9. The van der Waals surface area contributed by atoms with Crippen molar-refractivity contribution in [2.75, 3.05) is 6.54 Å². The summed E-state index contributed by atoms with van der Waals surface area (Å²) in [5.74, 6) is 0. The van der Waals surface area contributed by atoms with Crippen LogP contribution in [0.4, 0.5) is 0 Å². The Kier molecular flexibility index (Phi) is 7.66. The van der Waals surface area contributed by atoms with Gasteiger partial charge in [0.2, 0.25) is 0 Å². The summed E-state index contributed by atoms with van der Waals surface area (Å²) in [4.78, 5) is 8.11. The van der Waals surface area contributed by atoms with Crippen LogP contribution in [0.3, 0.4) is 0 Å². The second kappa shape index (κ2) is 9.79. The van der Waals surface area contributed by atoms with E-state index in [4.69, 9.17) is 10.1 Å². The number of benzene rings is 2. The van der Waals surface area contributed by atoms with Crippen LogP contribution in [0.1, 0.15) is 11.1 Å². The Balaban J connectivity index is 0.000000550. The standard InChI is InChI=1S/C15H17N.HNO2/c1-3-7-14(8-4-1)11-12-16-13-15-9-5-2-6-10-15;2-1-3/h1-10,16H,11-13H2;(H,2,3). The monoisotopic (exact) mass is 258 g/mol. The van der Waals surface area contributed by atoms with E-state index in [-0.39, 0.29) is 0 Å². The number of nitrogens with one attached hydrogen (secondary N) is 1. The molecule has 0 heterocycles. The maximum Gasteiger partial charge on any atom is 0.152 e. The average Bonchev–Trinajstić information content (AvgIpc) is 2.47. The third-order valence-corrected chi connectivity index (χ3v) is 2.61. The van der Waals surface area contributed by atoms with Gasteiger partial charge in [0, 0.05) is 6.54 Å². The Labute approximate surface area is 113 Å². The summed E-state index contributed by atoms with van der Waals surface area (Å²) in [5, 5.41) is 11.3. The molecule has 2 rings (SSSR count). The molecule has 4 nitrogen and oxygen atoms in total. The smallest absolute Gasteiger partial charge is 0.152 e. The molecule has 0 saturated carbocycles. The van der Waals surface area contributed by atoms with Crippen LogP contribution in [0.25, 0.3) is 0 Å². The van der Waals surface area contributed by atoms with E-state index in [0.717, 1.165) is 19.5 Å². The van der Waals surface area contributed by atoms with Gasteiger partial charge in [0.05, 0.1) is 0 Å². The predicted octanol–water partition coefficient (Wildman–Crippen LogP) is 3.16. The Morgan fingerprint density at radius 2 is 1.37 bits per heavy atom. The van der Waals surface area contributed by atoms with Crippen molar-refractivity contribution in [1.82, 2.24) is 5.32 Å². The zero-order chi connectivity index (χ0) is 13.8. The molecule has 2 N–H and O–H groups in total. The van der Waals surface area contributed by atoms with Gasteiger partial charge < -0.3 is 10.5 Å². The molecule has 4 heteroatoms. The lowest BCUT2D eigenvalue weighted by molar-refractivity contribution is 0.312. The van der Waals surface area contributed by atoms with Gasteiger partial charge in [0.25, 0.3) is 0 Å². The fraction of sp³-hybridized carbons (Fsp3) is 0.200. The van der Waals surface area contributed by atoms with Crippen LogP contribution < -0.4 is 5.32 Å².